The second-order valence-corrected chi connectivity index (χ2v) is 5.05. The van der Waals surface area contributed by atoms with Crippen LogP contribution in [0.3, 0.4) is 0 Å². The summed E-state index contributed by atoms with van der Waals surface area (Å²) in [5, 5.41) is 12.3. The highest BCUT2D eigenvalue weighted by atomic mass is 16.5. The minimum absolute atomic E-state index is 0.250. The van der Waals surface area contributed by atoms with Crippen molar-refractivity contribution in [3.05, 3.63) is 29.3 Å². The molecule has 1 aromatic rings. The Labute approximate surface area is 108 Å². The zero-order chi connectivity index (χ0) is 13.0. The lowest BCUT2D eigenvalue weighted by atomic mass is 9.89. The van der Waals surface area contributed by atoms with Crippen molar-refractivity contribution < 1.29 is 9.47 Å². The van der Waals surface area contributed by atoms with Gasteiger partial charge in [-0.05, 0) is 18.2 Å². The Hall–Kier alpha value is -1.57. The molecule has 0 amide bonds. The van der Waals surface area contributed by atoms with Gasteiger partial charge >= 0.3 is 0 Å². The van der Waals surface area contributed by atoms with Gasteiger partial charge in [-0.2, -0.15) is 5.26 Å². The predicted octanol–water partition coefficient (Wildman–Crippen LogP) is 1.69. The largest absolute Gasteiger partial charge is 0.496 e. The molecule has 0 radical (unpaired) electrons. The summed E-state index contributed by atoms with van der Waals surface area (Å²) < 4.78 is 10.5. The summed E-state index contributed by atoms with van der Waals surface area (Å²) in [6.07, 6.45) is 0. The van der Waals surface area contributed by atoms with Crippen LogP contribution in [0.1, 0.15) is 18.1 Å². The quantitative estimate of drug-likeness (QED) is 0.859. The maximum Gasteiger partial charge on any atom is 0.123 e. The first-order chi connectivity index (χ1) is 8.67. The fourth-order valence-electron chi connectivity index (χ4n) is 2.04. The minimum atomic E-state index is 0.250. The molecule has 1 fully saturated rings. The van der Waals surface area contributed by atoms with Crippen LogP contribution in [0.25, 0.3) is 0 Å². The van der Waals surface area contributed by atoms with Gasteiger partial charge in [0.05, 0.1) is 32.0 Å². The zero-order valence-corrected chi connectivity index (χ0v) is 10.8. The lowest BCUT2D eigenvalue weighted by Crippen LogP contribution is -2.47. The van der Waals surface area contributed by atoms with Crippen LogP contribution in [-0.4, -0.2) is 26.9 Å². The van der Waals surface area contributed by atoms with Gasteiger partial charge in [0.1, 0.15) is 5.75 Å². The van der Waals surface area contributed by atoms with Gasteiger partial charge in [0.2, 0.25) is 0 Å². The predicted molar refractivity (Wildman–Crippen MR) is 68.3 cm³/mol. The number of benzene rings is 1. The standard InChI is InChI=1S/C14H18N2O2/c1-14(9-18-10-14)8-16-7-12-5-11(6-15)3-4-13(12)17-2/h3-5,16H,7-10H2,1-2H3. The Morgan fingerprint density at radius 2 is 2.28 bits per heavy atom. The third-order valence-electron chi connectivity index (χ3n) is 3.18. The van der Waals surface area contributed by atoms with Crippen LogP contribution < -0.4 is 10.1 Å². The highest BCUT2D eigenvalue weighted by Gasteiger charge is 2.32. The first-order valence-corrected chi connectivity index (χ1v) is 6.02. The smallest absolute Gasteiger partial charge is 0.123 e. The van der Waals surface area contributed by atoms with Crippen LogP contribution in [0, 0.1) is 16.7 Å². The Balaban J connectivity index is 1.97. The van der Waals surface area contributed by atoms with Gasteiger partial charge in [0, 0.05) is 24.1 Å². The summed E-state index contributed by atoms with van der Waals surface area (Å²) in [5.74, 6) is 0.816. The molecule has 2 rings (SSSR count). The number of rotatable bonds is 5. The van der Waals surface area contributed by atoms with E-state index in [9.17, 15) is 0 Å². The van der Waals surface area contributed by atoms with E-state index < -0.39 is 0 Å². The summed E-state index contributed by atoms with van der Waals surface area (Å²) in [6, 6.07) is 7.62. The van der Waals surface area contributed by atoms with E-state index in [4.69, 9.17) is 14.7 Å². The maximum atomic E-state index is 8.90. The Kier molecular flexibility index (Phi) is 3.85. The van der Waals surface area contributed by atoms with Crippen molar-refractivity contribution >= 4 is 0 Å². The Morgan fingerprint density at radius 1 is 1.50 bits per heavy atom. The number of nitriles is 1. The molecule has 1 aliphatic heterocycles. The number of hydrogen-bond acceptors (Lipinski definition) is 4. The number of ether oxygens (including phenoxy) is 2. The molecule has 18 heavy (non-hydrogen) atoms. The molecule has 0 aliphatic carbocycles. The first kappa shape index (κ1) is 12.9. The molecule has 0 saturated carbocycles. The molecule has 1 aromatic carbocycles. The molecular formula is C14H18N2O2. The van der Waals surface area contributed by atoms with Crippen molar-refractivity contribution in [2.45, 2.75) is 13.5 Å². The molecule has 0 spiro atoms. The van der Waals surface area contributed by atoms with Crippen LogP contribution >= 0.6 is 0 Å². The lowest BCUT2D eigenvalue weighted by molar-refractivity contribution is -0.0991. The third kappa shape index (κ3) is 2.81. The van der Waals surface area contributed by atoms with Gasteiger partial charge in [-0.15, -0.1) is 0 Å². The van der Waals surface area contributed by atoms with Crippen LogP contribution in [0.4, 0.5) is 0 Å². The average Bonchev–Trinajstić information content (AvgIpc) is 2.36. The average molecular weight is 246 g/mol. The van der Waals surface area contributed by atoms with Crippen LogP contribution in [0.2, 0.25) is 0 Å². The van der Waals surface area contributed by atoms with Crippen molar-refractivity contribution in [1.82, 2.24) is 5.32 Å². The highest BCUT2D eigenvalue weighted by molar-refractivity contribution is 5.41. The van der Waals surface area contributed by atoms with Gasteiger partial charge in [-0.1, -0.05) is 6.92 Å². The zero-order valence-electron chi connectivity index (χ0n) is 10.8. The van der Waals surface area contributed by atoms with Gasteiger partial charge < -0.3 is 14.8 Å². The van der Waals surface area contributed by atoms with E-state index in [0.717, 1.165) is 31.1 Å². The van der Waals surface area contributed by atoms with Gasteiger partial charge in [-0.3, -0.25) is 0 Å². The molecule has 4 heteroatoms. The second-order valence-electron chi connectivity index (χ2n) is 5.05. The van der Waals surface area contributed by atoms with E-state index in [2.05, 4.69) is 18.3 Å². The summed E-state index contributed by atoms with van der Waals surface area (Å²) in [4.78, 5) is 0. The van der Waals surface area contributed by atoms with Crippen molar-refractivity contribution in [3.8, 4) is 11.8 Å². The molecule has 1 saturated heterocycles. The molecule has 1 heterocycles. The minimum Gasteiger partial charge on any atom is -0.496 e. The summed E-state index contributed by atoms with van der Waals surface area (Å²) in [5.41, 5.74) is 1.92. The summed E-state index contributed by atoms with van der Waals surface area (Å²) in [7, 11) is 1.64. The number of nitrogens with one attached hydrogen (secondary N) is 1. The SMILES string of the molecule is COc1ccc(C#N)cc1CNCC1(C)COC1. The topological polar surface area (TPSA) is 54.3 Å². The highest BCUT2D eigenvalue weighted by Crippen LogP contribution is 2.26. The number of hydrogen-bond donors (Lipinski definition) is 1. The monoisotopic (exact) mass is 246 g/mol. The van der Waals surface area contributed by atoms with Crippen LogP contribution in [0.15, 0.2) is 18.2 Å². The van der Waals surface area contributed by atoms with Crippen molar-refractivity contribution in [2.75, 3.05) is 26.9 Å². The fraction of sp³-hybridized carbons (Fsp3) is 0.500. The summed E-state index contributed by atoms with van der Waals surface area (Å²) in [6.45, 7) is 5.44. The number of methoxy groups -OCH3 is 1. The van der Waals surface area contributed by atoms with Crippen LogP contribution in [0.5, 0.6) is 5.75 Å². The normalized spacial score (nSPS) is 16.7. The molecule has 0 aromatic heterocycles. The molecule has 1 aliphatic rings. The molecule has 0 bridgehead atoms. The second kappa shape index (κ2) is 5.38. The van der Waals surface area contributed by atoms with E-state index >= 15 is 0 Å². The molecule has 96 valence electrons. The first-order valence-electron chi connectivity index (χ1n) is 6.02. The van der Waals surface area contributed by atoms with Gasteiger partial charge in [0.25, 0.3) is 0 Å². The molecule has 0 unspecified atom stereocenters. The molecule has 4 nitrogen and oxygen atoms in total. The maximum absolute atomic E-state index is 8.90. The van der Waals surface area contributed by atoms with E-state index in [-0.39, 0.29) is 5.41 Å². The van der Waals surface area contributed by atoms with Gasteiger partial charge in [-0.25, -0.2) is 0 Å². The van der Waals surface area contributed by atoms with Gasteiger partial charge in [0.15, 0.2) is 0 Å². The van der Waals surface area contributed by atoms with Crippen molar-refractivity contribution in [2.24, 2.45) is 5.41 Å². The van der Waals surface area contributed by atoms with E-state index in [0.29, 0.717) is 12.1 Å². The summed E-state index contributed by atoms with van der Waals surface area (Å²) >= 11 is 0. The van der Waals surface area contributed by atoms with E-state index in [1.165, 1.54) is 0 Å². The van der Waals surface area contributed by atoms with Crippen molar-refractivity contribution in [3.63, 3.8) is 0 Å². The lowest BCUT2D eigenvalue weighted by Gasteiger charge is -2.38. The van der Waals surface area contributed by atoms with Crippen molar-refractivity contribution in [1.29, 1.82) is 5.26 Å². The Bertz CT molecular complexity index is 461. The van der Waals surface area contributed by atoms with Crippen LogP contribution in [-0.2, 0) is 11.3 Å². The fourth-order valence-corrected chi connectivity index (χ4v) is 2.04. The van der Waals surface area contributed by atoms with E-state index in [1.54, 1.807) is 13.2 Å². The van der Waals surface area contributed by atoms with E-state index in [1.807, 2.05) is 12.1 Å². The molecule has 1 N–H and O–H groups in total. The molecule has 0 atom stereocenters. The molecular weight excluding hydrogens is 228 g/mol. The third-order valence-corrected chi connectivity index (χ3v) is 3.18. The Morgan fingerprint density at radius 3 is 2.83 bits per heavy atom. The number of nitrogens with zero attached hydrogens (tertiary/aromatic N) is 1.